The van der Waals surface area contributed by atoms with Crippen LogP contribution in [0.4, 0.5) is 14.5 Å². The first-order chi connectivity index (χ1) is 16.9. The second-order valence-corrected chi connectivity index (χ2v) is 8.91. The molecule has 3 aromatic rings. The van der Waals surface area contributed by atoms with E-state index in [4.69, 9.17) is 0 Å². The van der Waals surface area contributed by atoms with Crippen LogP contribution >= 0.6 is 0 Å². The third kappa shape index (κ3) is 4.39. The number of benzene rings is 3. The molecule has 5 rings (SSSR count). The molecule has 35 heavy (non-hydrogen) atoms. The third-order valence-electron chi connectivity index (χ3n) is 6.67. The number of hydrogen-bond donors (Lipinski definition) is 2. The van der Waals surface area contributed by atoms with E-state index >= 15 is 0 Å². The first-order valence-electron chi connectivity index (χ1n) is 11.5. The summed E-state index contributed by atoms with van der Waals surface area (Å²) in [6, 6.07) is 21.6. The Morgan fingerprint density at radius 1 is 0.886 bits per heavy atom. The summed E-state index contributed by atoms with van der Waals surface area (Å²) in [6.45, 7) is 1.77. The molecular weight excluding hydrogens is 446 g/mol. The maximum atomic E-state index is 14.3. The van der Waals surface area contributed by atoms with E-state index in [1.165, 1.54) is 24.3 Å². The molecule has 0 spiro atoms. The van der Waals surface area contributed by atoms with Gasteiger partial charge in [-0.15, -0.1) is 0 Å². The van der Waals surface area contributed by atoms with Crippen molar-refractivity contribution in [3.8, 4) is 0 Å². The van der Waals surface area contributed by atoms with E-state index in [2.05, 4.69) is 10.6 Å². The van der Waals surface area contributed by atoms with E-state index in [9.17, 15) is 18.4 Å². The van der Waals surface area contributed by atoms with Gasteiger partial charge >= 0.3 is 0 Å². The highest BCUT2D eigenvalue weighted by Gasteiger charge is 2.41. The van der Waals surface area contributed by atoms with Crippen LogP contribution in [0.1, 0.15) is 42.7 Å². The van der Waals surface area contributed by atoms with Gasteiger partial charge in [-0.25, -0.2) is 8.78 Å². The molecule has 1 aliphatic heterocycles. The predicted molar refractivity (Wildman–Crippen MR) is 130 cm³/mol. The lowest BCUT2D eigenvalue weighted by Crippen LogP contribution is -2.37. The molecule has 2 atom stereocenters. The van der Waals surface area contributed by atoms with Crippen LogP contribution in [-0.4, -0.2) is 11.7 Å². The zero-order chi connectivity index (χ0) is 24.5. The van der Waals surface area contributed by atoms with Crippen LogP contribution in [0.3, 0.4) is 0 Å². The van der Waals surface area contributed by atoms with Crippen LogP contribution in [0.5, 0.6) is 0 Å². The van der Waals surface area contributed by atoms with Gasteiger partial charge in [0.25, 0.3) is 5.91 Å². The molecule has 176 valence electrons. The standard InChI is InChI=1S/C29H24F2N2O2/c1-17-26(29(35)33-23-10-6-5-9-22(23)31)27(19-11-13-21(30)14-12-19)28-24(32-17)15-20(16-25(28)34)18-7-3-2-4-8-18/h2-14,20,27,32H,15-16H2,1H3,(H,33,35)/t20-,27+/m1/s1. The molecule has 0 saturated heterocycles. The second-order valence-electron chi connectivity index (χ2n) is 8.91. The largest absolute Gasteiger partial charge is 0.362 e. The van der Waals surface area contributed by atoms with Gasteiger partial charge in [-0.1, -0.05) is 54.6 Å². The number of carbonyl (C=O) groups is 2. The molecule has 4 nitrogen and oxygen atoms in total. The van der Waals surface area contributed by atoms with Gasteiger partial charge in [0.1, 0.15) is 11.6 Å². The summed E-state index contributed by atoms with van der Waals surface area (Å²) in [5.74, 6) is -2.22. The molecule has 0 fully saturated rings. The molecule has 0 unspecified atom stereocenters. The van der Waals surface area contributed by atoms with Crippen LogP contribution in [0, 0.1) is 11.6 Å². The zero-order valence-corrected chi connectivity index (χ0v) is 19.1. The van der Waals surface area contributed by atoms with Gasteiger partial charge in [0, 0.05) is 34.9 Å². The summed E-state index contributed by atoms with van der Waals surface area (Å²) in [4.78, 5) is 27.0. The van der Waals surface area contributed by atoms with Gasteiger partial charge in [-0.05, 0) is 54.7 Å². The van der Waals surface area contributed by atoms with Crippen molar-refractivity contribution in [2.75, 3.05) is 5.32 Å². The van der Waals surface area contributed by atoms with Crippen LogP contribution in [0.15, 0.2) is 101 Å². The van der Waals surface area contributed by atoms with Gasteiger partial charge in [-0.3, -0.25) is 9.59 Å². The molecule has 1 aliphatic carbocycles. The van der Waals surface area contributed by atoms with Gasteiger partial charge in [-0.2, -0.15) is 0 Å². The van der Waals surface area contributed by atoms with E-state index in [1.54, 1.807) is 31.2 Å². The second kappa shape index (κ2) is 9.29. The van der Waals surface area contributed by atoms with E-state index in [0.29, 0.717) is 35.2 Å². The average molecular weight is 471 g/mol. The quantitative estimate of drug-likeness (QED) is 0.494. The number of allylic oxidation sites excluding steroid dienone is 3. The van der Waals surface area contributed by atoms with Crippen molar-refractivity contribution in [3.63, 3.8) is 0 Å². The Kier molecular flexibility index (Phi) is 6.03. The number of hydrogen-bond acceptors (Lipinski definition) is 3. The molecule has 2 N–H and O–H groups in total. The van der Waals surface area contributed by atoms with Crippen LogP contribution < -0.4 is 10.6 Å². The molecule has 0 radical (unpaired) electrons. The van der Waals surface area contributed by atoms with Crippen molar-refractivity contribution in [1.29, 1.82) is 0 Å². The predicted octanol–water partition coefficient (Wildman–Crippen LogP) is 5.97. The van der Waals surface area contributed by atoms with Crippen LogP contribution in [0.2, 0.25) is 0 Å². The molecule has 6 heteroatoms. The minimum atomic E-state index is -0.692. The number of nitrogens with one attached hydrogen (secondary N) is 2. The van der Waals surface area contributed by atoms with Crippen LogP contribution in [0.25, 0.3) is 0 Å². The zero-order valence-electron chi connectivity index (χ0n) is 19.1. The highest BCUT2D eigenvalue weighted by molar-refractivity contribution is 6.10. The Bertz CT molecular complexity index is 1360. The number of para-hydroxylation sites is 1. The minimum absolute atomic E-state index is 0.0189. The normalized spacial score (nSPS) is 19.8. The number of carbonyl (C=O) groups excluding carboxylic acids is 2. The summed E-state index contributed by atoms with van der Waals surface area (Å²) in [5, 5.41) is 5.95. The number of halogens is 2. The van der Waals surface area contributed by atoms with Crippen molar-refractivity contribution in [1.82, 2.24) is 5.32 Å². The Morgan fingerprint density at radius 3 is 2.29 bits per heavy atom. The molecule has 3 aromatic carbocycles. The number of ketones is 1. The summed E-state index contributed by atoms with van der Waals surface area (Å²) < 4.78 is 28.0. The van der Waals surface area contributed by atoms with Gasteiger partial charge in [0.05, 0.1) is 5.69 Å². The Labute approximate surface area is 202 Å². The highest BCUT2D eigenvalue weighted by Crippen LogP contribution is 2.45. The lowest BCUT2D eigenvalue weighted by Gasteiger charge is -2.37. The summed E-state index contributed by atoms with van der Waals surface area (Å²) >= 11 is 0. The monoisotopic (exact) mass is 470 g/mol. The van der Waals surface area contributed by atoms with E-state index in [0.717, 1.165) is 11.3 Å². The van der Waals surface area contributed by atoms with Gasteiger partial charge in [0.15, 0.2) is 5.78 Å². The Balaban J connectivity index is 1.57. The molecule has 0 bridgehead atoms. The topological polar surface area (TPSA) is 58.2 Å². The molecule has 2 aliphatic rings. The van der Waals surface area contributed by atoms with Gasteiger partial charge in [0.2, 0.25) is 0 Å². The van der Waals surface area contributed by atoms with Crippen LogP contribution in [-0.2, 0) is 9.59 Å². The van der Waals surface area contributed by atoms with E-state index < -0.39 is 23.5 Å². The first-order valence-corrected chi connectivity index (χ1v) is 11.5. The fourth-order valence-corrected chi connectivity index (χ4v) is 5.04. The maximum absolute atomic E-state index is 14.3. The first kappa shape index (κ1) is 22.7. The number of anilines is 1. The average Bonchev–Trinajstić information content (AvgIpc) is 2.85. The number of dihydropyridines is 1. The number of amides is 1. The van der Waals surface area contributed by atoms with E-state index in [1.807, 2.05) is 30.3 Å². The van der Waals surface area contributed by atoms with Crippen molar-refractivity contribution in [3.05, 3.63) is 124 Å². The maximum Gasteiger partial charge on any atom is 0.254 e. The smallest absolute Gasteiger partial charge is 0.254 e. The Hall–Kier alpha value is -4.06. The van der Waals surface area contributed by atoms with E-state index in [-0.39, 0.29) is 17.4 Å². The van der Waals surface area contributed by atoms with Crippen molar-refractivity contribution in [2.45, 2.75) is 31.6 Å². The molecular formula is C29H24F2N2O2. The molecule has 0 saturated carbocycles. The molecule has 0 aromatic heterocycles. The number of Topliss-reactive ketones (excluding diaryl/α,β-unsaturated/α-hetero) is 1. The minimum Gasteiger partial charge on any atom is -0.362 e. The fraction of sp³-hybridized carbons (Fsp3) is 0.172. The van der Waals surface area contributed by atoms with Gasteiger partial charge < -0.3 is 10.6 Å². The molecule has 1 amide bonds. The summed E-state index contributed by atoms with van der Waals surface area (Å²) in [5.41, 5.74) is 3.92. The fourth-order valence-electron chi connectivity index (χ4n) is 5.04. The molecule has 1 heterocycles. The lowest BCUT2D eigenvalue weighted by molar-refractivity contribution is -0.116. The van der Waals surface area contributed by atoms with Crippen molar-refractivity contribution < 1.29 is 18.4 Å². The third-order valence-corrected chi connectivity index (χ3v) is 6.67. The SMILES string of the molecule is CC1=C(C(=O)Nc2ccccc2F)[C@H](c2ccc(F)cc2)C2=C(C[C@@H](c3ccccc3)CC2=O)N1. The van der Waals surface area contributed by atoms with Crippen molar-refractivity contribution >= 4 is 17.4 Å². The Morgan fingerprint density at radius 2 is 1.57 bits per heavy atom. The number of rotatable bonds is 4. The lowest BCUT2D eigenvalue weighted by atomic mass is 9.71. The highest BCUT2D eigenvalue weighted by atomic mass is 19.1. The van der Waals surface area contributed by atoms with Crippen molar-refractivity contribution in [2.24, 2.45) is 0 Å². The summed E-state index contributed by atoms with van der Waals surface area (Å²) in [6.07, 6.45) is 0.922. The summed E-state index contributed by atoms with van der Waals surface area (Å²) in [7, 11) is 0.